The molecule has 2 unspecified atom stereocenters. The van der Waals surface area contributed by atoms with Gasteiger partial charge in [0.1, 0.15) is 5.76 Å². The predicted molar refractivity (Wildman–Crippen MR) is 58.4 cm³/mol. The van der Waals surface area contributed by atoms with Gasteiger partial charge >= 0.3 is 5.97 Å². The number of hydrogen-bond donors (Lipinski definition) is 2. The van der Waals surface area contributed by atoms with E-state index >= 15 is 0 Å². The molecule has 1 rings (SSSR count). The van der Waals surface area contributed by atoms with Crippen molar-refractivity contribution in [3.05, 3.63) is 23.7 Å². The fourth-order valence-corrected chi connectivity index (χ4v) is 1.48. The summed E-state index contributed by atoms with van der Waals surface area (Å²) in [6, 6.07) is 3.01. The Hall–Kier alpha value is -1.33. The molecule has 0 saturated heterocycles. The average Bonchev–Trinajstić information content (AvgIpc) is 2.64. The molecule has 0 aliphatic heterocycles. The number of carbonyl (C=O) groups is 1. The maximum atomic E-state index is 10.6. The molecule has 0 aliphatic rings. The molecule has 16 heavy (non-hydrogen) atoms. The van der Waals surface area contributed by atoms with Crippen LogP contribution in [-0.4, -0.2) is 40.8 Å². The van der Waals surface area contributed by atoms with Gasteiger partial charge < -0.3 is 14.6 Å². The maximum Gasteiger partial charge on any atom is 0.371 e. The second-order valence-corrected chi connectivity index (χ2v) is 3.97. The minimum Gasteiger partial charge on any atom is -0.475 e. The highest BCUT2D eigenvalue weighted by Crippen LogP contribution is 2.21. The van der Waals surface area contributed by atoms with E-state index in [9.17, 15) is 9.90 Å². The van der Waals surface area contributed by atoms with E-state index in [1.165, 1.54) is 6.07 Å². The number of furan rings is 1. The summed E-state index contributed by atoms with van der Waals surface area (Å²) in [6.07, 6.45) is -0.429. The van der Waals surface area contributed by atoms with Crippen LogP contribution in [0.3, 0.4) is 0 Å². The summed E-state index contributed by atoms with van der Waals surface area (Å²) in [6.45, 7) is 4.10. The summed E-state index contributed by atoms with van der Waals surface area (Å²) in [5.41, 5.74) is 0. The highest BCUT2D eigenvalue weighted by molar-refractivity contribution is 5.84. The number of hydrogen-bond acceptors (Lipinski definition) is 4. The molecule has 0 saturated carbocycles. The van der Waals surface area contributed by atoms with E-state index in [1.807, 2.05) is 18.9 Å². The number of likely N-dealkylation sites (N-methyl/N-ethyl adjacent to an activating group) is 1. The Bertz CT molecular complexity index is 359. The molecule has 0 aromatic carbocycles. The molecule has 0 radical (unpaired) electrons. The van der Waals surface area contributed by atoms with Gasteiger partial charge in [0.05, 0.1) is 12.1 Å². The van der Waals surface area contributed by atoms with Gasteiger partial charge in [0.15, 0.2) is 0 Å². The lowest BCUT2D eigenvalue weighted by Gasteiger charge is -2.24. The van der Waals surface area contributed by atoms with Crippen molar-refractivity contribution in [1.29, 1.82) is 0 Å². The lowest BCUT2D eigenvalue weighted by atomic mass is 10.2. The summed E-state index contributed by atoms with van der Waals surface area (Å²) in [7, 11) is 1.85. The van der Waals surface area contributed by atoms with Crippen molar-refractivity contribution < 1.29 is 19.4 Å². The molecule has 0 bridgehead atoms. The molecule has 0 amide bonds. The normalized spacial score (nSPS) is 15.1. The zero-order valence-corrected chi connectivity index (χ0v) is 9.67. The molecule has 1 heterocycles. The minimum atomic E-state index is -1.07. The van der Waals surface area contributed by atoms with Crippen LogP contribution < -0.4 is 0 Å². The Balaban J connectivity index is 2.71. The minimum absolute atomic E-state index is 0.0627. The van der Waals surface area contributed by atoms with Gasteiger partial charge in [-0.1, -0.05) is 0 Å². The fourth-order valence-electron chi connectivity index (χ4n) is 1.48. The first-order valence-electron chi connectivity index (χ1n) is 5.13. The lowest BCUT2D eigenvalue weighted by molar-refractivity contribution is 0.0653. The van der Waals surface area contributed by atoms with E-state index in [1.54, 1.807) is 13.0 Å². The van der Waals surface area contributed by atoms with Crippen molar-refractivity contribution in [2.24, 2.45) is 0 Å². The third-order valence-electron chi connectivity index (χ3n) is 2.46. The van der Waals surface area contributed by atoms with E-state index in [0.717, 1.165) is 0 Å². The van der Waals surface area contributed by atoms with Gasteiger partial charge in [-0.2, -0.15) is 0 Å². The van der Waals surface area contributed by atoms with Crippen LogP contribution in [0, 0.1) is 0 Å². The van der Waals surface area contributed by atoms with Crippen molar-refractivity contribution in [1.82, 2.24) is 4.90 Å². The van der Waals surface area contributed by atoms with E-state index in [2.05, 4.69) is 0 Å². The molecular formula is C11H17NO4. The molecular weight excluding hydrogens is 210 g/mol. The first-order valence-corrected chi connectivity index (χ1v) is 5.13. The van der Waals surface area contributed by atoms with Crippen LogP contribution >= 0.6 is 0 Å². The molecule has 5 heteroatoms. The number of rotatable bonds is 5. The number of aliphatic hydroxyl groups is 1. The van der Waals surface area contributed by atoms with Crippen LogP contribution in [0.25, 0.3) is 0 Å². The van der Waals surface area contributed by atoms with Gasteiger partial charge in [0.25, 0.3) is 0 Å². The van der Waals surface area contributed by atoms with E-state index in [0.29, 0.717) is 12.3 Å². The lowest BCUT2D eigenvalue weighted by Crippen LogP contribution is -2.29. The number of nitrogens with zero attached hydrogens (tertiary/aromatic N) is 1. The molecule has 2 N–H and O–H groups in total. The summed E-state index contributed by atoms with van der Waals surface area (Å²) in [5, 5.41) is 18.0. The van der Waals surface area contributed by atoms with Gasteiger partial charge in [-0.3, -0.25) is 4.90 Å². The summed E-state index contributed by atoms with van der Waals surface area (Å²) >= 11 is 0. The Morgan fingerprint density at radius 1 is 1.50 bits per heavy atom. The Labute approximate surface area is 94.3 Å². The van der Waals surface area contributed by atoms with Crippen molar-refractivity contribution >= 4 is 5.97 Å². The molecule has 1 aromatic heterocycles. The van der Waals surface area contributed by atoms with Gasteiger partial charge in [-0.25, -0.2) is 4.79 Å². The third kappa shape index (κ3) is 3.08. The summed E-state index contributed by atoms with van der Waals surface area (Å²) in [5.74, 6) is -0.551. The third-order valence-corrected chi connectivity index (χ3v) is 2.46. The fraction of sp³-hybridized carbons (Fsp3) is 0.545. The molecule has 5 nitrogen and oxygen atoms in total. The number of aliphatic hydroxyl groups excluding tert-OH is 1. The molecule has 90 valence electrons. The highest BCUT2D eigenvalue weighted by Gasteiger charge is 2.18. The standard InChI is InChI=1S/C11H17NO4/c1-7(13)6-12(3)8(2)9-4-5-10(16-9)11(14)15/h4-5,7-8,13H,6H2,1-3H3,(H,14,15). The molecule has 2 atom stereocenters. The maximum absolute atomic E-state index is 10.6. The quantitative estimate of drug-likeness (QED) is 0.794. The number of aromatic carboxylic acids is 1. The molecule has 1 aromatic rings. The predicted octanol–water partition coefficient (Wildman–Crippen LogP) is 1.35. The van der Waals surface area contributed by atoms with Crippen LogP contribution in [0.2, 0.25) is 0 Å². The van der Waals surface area contributed by atoms with Gasteiger partial charge in [0.2, 0.25) is 5.76 Å². The van der Waals surface area contributed by atoms with Crippen molar-refractivity contribution in [3.8, 4) is 0 Å². The monoisotopic (exact) mass is 227 g/mol. The van der Waals surface area contributed by atoms with Gasteiger partial charge in [-0.05, 0) is 33.0 Å². The van der Waals surface area contributed by atoms with Crippen molar-refractivity contribution in [3.63, 3.8) is 0 Å². The zero-order chi connectivity index (χ0) is 12.3. The van der Waals surface area contributed by atoms with Crippen molar-refractivity contribution in [2.75, 3.05) is 13.6 Å². The number of carboxylic acids is 1. The van der Waals surface area contributed by atoms with Crippen LogP contribution in [0.15, 0.2) is 16.5 Å². The van der Waals surface area contributed by atoms with E-state index in [-0.39, 0.29) is 11.8 Å². The number of carboxylic acid groups (broad SMARTS) is 1. The van der Waals surface area contributed by atoms with Gasteiger partial charge in [-0.15, -0.1) is 0 Å². The Morgan fingerprint density at radius 2 is 2.12 bits per heavy atom. The largest absolute Gasteiger partial charge is 0.475 e. The first-order chi connectivity index (χ1) is 7.41. The van der Waals surface area contributed by atoms with E-state index in [4.69, 9.17) is 9.52 Å². The second kappa shape index (κ2) is 5.14. The second-order valence-electron chi connectivity index (χ2n) is 3.97. The smallest absolute Gasteiger partial charge is 0.371 e. The topological polar surface area (TPSA) is 73.9 Å². The molecule has 0 aliphatic carbocycles. The van der Waals surface area contributed by atoms with Crippen molar-refractivity contribution in [2.45, 2.75) is 26.0 Å². The van der Waals surface area contributed by atoms with Crippen LogP contribution in [0.1, 0.15) is 36.2 Å². The summed E-state index contributed by atoms with van der Waals surface area (Å²) < 4.78 is 5.19. The summed E-state index contributed by atoms with van der Waals surface area (Å²) in [4.78, 5) is 12.5. The van der Waals surface area contributed by atoms with E-state index < -0.39 is 12.1 Å². The van der Waals surface area contributed by atoms with Gasteiger partial charge in [0, 0.05) is 6.54 Å². The van der Waals surface area contributed by atoms with Crippen LogP contribution in [0.4, 0.5) is 0 Å². The zero-order valence-electron chi connectivity index (χ0n) is 9.67. The van der Waals surface area contributed by atoms with Crippen LogP contribution in [0.5, 0.6) is 0 Å². The highest BCUT2D eigenvalue weighted by atomic mass is 16.4. The SMILES string of the molecule is CC(O)CN(C)C(C)c1ccc(C(=O)O)o1. The molecule has 0 spiro atoms. The average molecular weight is 227 g/mol. The Kier molecular flexibility index (Phi) is 4.09. The van der Waals surface area contributed by atoms with Crippen LogP contribution in [-0.2, 0) is 0 Å². The first kappa shape index (κ1) is 12.7. The molecule has 0 fully saturated rings. The Morgan fingerprint density at radius 3 is 2.56 bits per heavy atom.